The van der Waals surface area contributed by atoms with Crippen LogP contribution < -0.4 is 10.2 Å². The molecular formula is C25H28N8O. The Hall–Kier alpha value is -3.85. The third kappa shape index (κ3) is 4.60. The second-order valence-corrected chi connectivity index (χ2v) is 8.84. The molecule has 1 aliphatic heterocycles. The molecule has 34 heavy (non-hydrogen) atoms. The number of amides is 1. The zero-order valence-corrected chi connectivity index (χ0v) is 19.6. The SMILES string of the molecule is CC(C)N1CCN(c2cc(C(=O)Nc3ncc4ccc(-c5cnn(C)c5)cc4n3)ccn2)CC1. The molecular weight excluding hydrogens is 428 g/mol. The largest absolute Gasteiger partial charge is 0.354 e. The number of aryl methyl sites for hydroxylation is 1. The maximum absolute atomic E-state index is 13.0. The number of anilines is 2. The van der Waals surface area contributed by atoms with Crippen molar-refractivity contribution in [3.8, 4) is 11.1 Å². The maximum atomic E-state index is 13.0. The highest BCUT2D eigenvalue weighted by Gasteiger charge is 2.20. The van der Waals surface area contributed by atoms with Gasteiger partial charge in [0.25, 0.3) is 5.91 Å². The monoisotopic (exact) mass is 456 g/mol. The minimum Gasteiger partial charge on any atom is -0.354 e. The second kappa shape index (κ2) is 9.18. The lowest BCUT2D eigenvalue weighted by atomic mass is 10.1. The Labute approximate surface area is 198 Å². The van der Waals surface area contributed by atoms with Gasteiger partial charge in [-0.05, 0) is 37.6 Å². The second-order valence-electron chi connectivity index (χ2n) is 8.84. The molecule has 4 aromatic rings. The maximum Gasteiger partial charge on any atom is 0.258 e. The van der Waals surface area contributed by atoms with Gasteiger partial charge in [0.1, 0.15) is 5.82 Å². The van der Waals surface area contributed by atoms with Crippen LogP contribution in [-0.4, -0.2) is 67.8 Å². The Balaban J connectivity index is 1.32. The Morgan fingerprint density at radius 1 is 1.00 bits per heavy atom. The third-order valence-corrected chi connectivity index (χ3v) is 6.22. The van der Waals surface area contributed by atoms with Crippen LogP contribution in [0.15, 0.2) is 55.1 Å². The Morgan fingerprint density at radius 2 is 1.82 bits per heavy atom. The summed E-state index contributed by atoms with van der Waals surface area (Å²) in [6.07, 6.45) is 7.17. The molecule has 1 aliphatic rings. The van der Waals surface area contributed by atoms with Crippen LogP contribution in [0.4, 0.5) is 11.8 Å². The molecule has 0 radical (unpaired) electrons. The fraction of sp³-hybridized carbons (Fsp3) is 0.320. The van der Waals surface area contributed by atoms with E-state index in [9.17, 15) is 4.79 Å². The van der Waals surface area contributed by atoms with Gasteiger partial charge in [0.2, 0.25) is 5.95 Å². The zero-order chi connectivity index (χ0) is 23.7. The van der Waals surface area contributed by atoms with E-state index in [0.717, 1.165) is 54.0 Å². The van der Waals surface area contributed by atoms with Crippen molar-refractivity contribution in [2.75, 3.05) is 36.4 Å². The van der Waals surface area contributed by atoms with Crippen molar-refractivity contribution in [1.82, 2.24) is 29.6 Å². The van der Waals surface area contributed by atoms with Gasteiger partial charge >= 0.3 is 0 Å². The van der Waals surface area contributed by atoms with Crippen molar-refractivity contribution in [2.45, 2.75) is 19.9 Å². The van der Waals surface area contributed by atoms with E-state index in [1.165, 1.54) is 0 Å². The summed E-state index contributed by atoms with van der Waals surface area (Å²) in [6.45, 7) is 8.19. The molecule has 9 nitrogen and oxygen atoms in total. The number of rotatable bonds is 5. The molecule has 0 saturated carbocycles. The molecule has 1 amide bonds. The summed E-state index contributed by atoms with van der Waals surface area (Å²) in [5.74, 6) is 0.827. The van der Waals surface area contributed by atoms with Gasteiger partial charge in [0.05, 0.1) is 11.7 Å². The number of nitrogens with zero attached hydrogens (tertiary/aromatic N) is 7. The predicted molar refractivity (Wildman–Crippen MR) is 133 cm³/mol. The summed E-state index contributed by atoms with van der Waals surface area (Å²) in [5.41, 5.74) is 3.30. The van der Waals surface area contributed by atoms with Gasteiger partial charge in [0.15, 0.2) is 0 Å². The number of piperazine rings is 1. The van der Waals surface area contributed by atoms with Gasteiger partial charge in [-0.15, -0.1) is 0 Å². The quantitative estimate of drug-likeness (QED) is 0.493. The highest BCUT2D eigenvalue weighted by atomic mass is 16.1. The van der Waals surface area contributed by atoms with Crippen molar-refractivity contribution < 1.29 is 4.79 Å². The van der Waals surface area contributed by atoms with Crippen molar-refractivity contribution >= 4 is 28.6 Å². The number of hydrogen-bond acceptors (Lipinski definition) is 7. The van der Waals surface area contributed by atoms with Gasteiger partial charge in [-0.2, -0.15) is 5.10 Å². The van der Waals surface area contributed by atoms with E-state index in [-0.39, 0.29) is 11.9 Å². The topological polar surface area (TPSA) is 92.1 Å². The predicted octanol–water partition coefficient (Wildman–Crippen LogP) is 3.21. The van der Waals surface area contributed by atoms with Crippen LogP contribution in [0.1, 0.15) is 24.2 Å². The molecule has 9 heteroatoms. The lowest BCUT2D eigenvalue weighted by molar-refractivity contribution is 0.102. The minimum absolute atomic E-state index is 0.257. The van der Waals surface area contributed by atoms with E-state index in [0.29, 0.717) is 11.6 Å². The van der Waals surface area contributed by atoms with Crippen LogP contribution in [0.25, 0.3) is 22.0 Å². The normalized spacial score (nSPS) is 14.6. The Morgan fingerprint density at radius 3 is 2.56 bits per heavy atom. The average molecular weight is 457 g/mol. The Kier molecular flexibility index (Phi) is 5.93. The van der Waals surface area contributed by atoms with Crippen LogP contribution in [0.2, 0.25) is 0 Å². The van der Waals surface area contributed by atoms with E-state index in [4.69, 9.17) is 0 Å². The number of benzene rings is 1. The van der Waals surface area contributed by atoms with Crippen LogP contribution >= 0.6 is 0 Å². The molecule has 174 valence electrons. The number of aromatic nitrogens is 5. The molecule has 4 heterocycles. The van der Waals surface area contributed by atoms with E-state index in [1.54, 1.807) is 23.1 Å². The first-order valence-corrected chi connectivity index (χ1v) is 11.5. The van der Waals surface area contributed by atoms with Crippen molar-refractivity contribution in [1.29, 1.82) is 0 Å². The molecule has 0 aliphatic carbocycles. The summed E-state index contributed by atoms with van der Waals surface area (Å²) in [5, 5.41) is 7.97. The van der Waals surface area contributed by atoms with E-state index in [1.807, 2.05) is 43.7 Å². The first kappa shape index (κ1) is 22.0. The fourth-order valence-corrected chi connectivity index (χ4v) is 4.21. The average Bonchev–Trinajstić information content (AvgIpc) is 3.30. The molecule has 1 saturated heterocycles. The highest BCUT2D eigenvalue weighted by molar-refractivity contribution is 6.04. The number of pyridine rings is 1. The number of carbonyl (C=O) groups excluding carboxylic acids is 1. The van der Waals surface area contributed by atoms with Crippen LogP contribution in [-0.2, 0) is 7.05 Å². The number of nitrogens with one attached hydrogen (secondary N) is 1. The summed E-state index contributed by atoms with van der Waals surface area (Å²) in [6, 6.07) is 10.0. The minimum atomic E-state index is -0.257. The lowest BCUT2D eigenvalue weighted by Crippen LogP contribution is -2.49. The van der Waals surface area contributed by atoms with Crippen molar-refractivity contribution in [3.05, 3.63) is 60.7 Å². The van der Waals surface area contributed by atoms with E-state index in [2.05, 4.69) is 49.0 Å². The molecule has 1 fully saturated rings. The molecule has 5 rings (SSSR count). The zero-order valence-electron chi connectivity index (χ0n) is 19.6. The highest BCUT2D eigenvalue weighted by Crippen LogP contribution is 2.23. The molecule has 0 atom stereocenters. The van der Waals surface area contributed by atoms with E-state index < -0.39 is 0 Å². The molecule has 1 aromatic carbocycles. The van der Waals surface area contributed by atoms with E-state index >= 15 is 0 Å². The summed E-state index contributed by atoms with van der Waals surface area (Å²) in [7, 11) is 1.89. The van der Waals surface area contributed by atoms with Gasteiger partial charge in [0, 0.05) is 74.4 Å². The van der Waals surface area contributed by atoms with Gasteiger partial charge in [-0.3, -0.25) is 19.7 Å². The van der Waals surface area contributed by atoms with Crippen LogP contribution in [0.3, 0.4) is 0 Å². The number of fused-ring (bicyclic) bond motifs is 1. The molecule has 1 N–H and O–H groups in total. The number of hydrogen-bond donors (Lipinski definition) is 1. The molecule has 0 unspecified atom stereocenters. The van der Waals surface area contributed by atoms with Crippen LogP contribution in [0, 0.1) is 0 Å². The summed E-state index contributed by atoms with van der Waals surface area (Å²) >= 11 is 0. The lowest BCUT2D eigenvalue weighted by Gasteiger charge is -2.37. The van der Waals surface area contributed by atoms with Crippen LogP contribution in [0.5, 0.6) is 0 Å². The Bertz CT molecular complexity index is 1320. The van der Waals surface area contributed by atoms with Crippen molar-refractivity contribution in [2.24, 2.45) is 7.05 Å². The standard InChI is InChI=1S/C25H28N8O/c1-17(2)32-8-10-33(11-9-32)23-13-19(6-7-26-23)24(34)30-25-27-14-20-5-4-18(12-22(20)29-25)21-15-28-31(3)16-21/h4-7,12-17H,8-11H2,1-3H3,(H,27,29,30,34). The summed E-state index contributed by atoms with van der Waals surface area (Å²) < 4.78 is 1.76. The van der Waals surface area contributed by atoms with Gasteiger partial charge in [-0.25, -0.2) is 15.0 Å². The first-order valence-electron chi connectivity index (χ1n) is 11.5. The third-order valence-electron chi connectivity index (χ3n) is 6.22. The number of carbonyl (C=O) groups is 1. The first-order chi connectivity index (χ1) is 16.5. The van der Waals surface area contributed by atoms with Gasteiger partial charge in [-0.1, -0.05) is 12.1 Å². The fourth-order valence-electron chi connectivity index (χ4n) is 4.21. The molecule has 3 aromatic heterocycles. The smallest absolute Gasteiger partial charge is 0.258 e. The van der Waals surface area contributed by atoms with Crippen molar-refractivity contribution in [3.63, 3.8) is 0 Å². The van der Waals surface area contributed by atoms with Gasteiger partial charge < -0.3 is 4.90 Å². The molecule has 0 bridgehead atoms. The summed E-state index contributed by atoms with van der Waals surface area (Å²) in [4.78, 5) is 31.0. The molecule has 0 spiro atoms.